The fourth-order valence-electron chi connectivity index (χ4n) is 2.62. The molecule has 0 radical (unpaired) electrons. The van der Waals surface area contributed by atoms with Crippen LogP contribution in [0.25, 0.3) is 5.69 Å². The Hall–Kier alpha value is -3.27. The summed E-state index contributed by atoms with van der Waals surface area (Å²) in [7, 11) is 0. The number of halogens is 3. The number of hydrogen-bond donors (Lipinski definition) is 3. The molecular weight excluding hydrogens is 460 g/mol. The Morgan fingerprint density at radius 1 is 1.13 bits per heavy atom. The topological polar surface area (TPSA) is 88.1 Å². The van der Waals surface area contributed by atoms with Gasteiger partial charge in [0.05, 0.1) is 12.7 Å². The minimum Gasteiger partial charge on any atom is -0.334 e. The van der Waals surface area contributed by atoms with Gasteiger partial charge in [-0.15, -0.1) is 0 Å². The third-order valence-electron chi connectivity index (χ3n) is 4.12. The monoisotopic (exact) mass is 477 g/mol. The van der Waals surface area contributed by atoms with Gasteiger partial charge in [0.25, 0.3) is 0 Å². The van der Waals surface area contributed by atoms with Crippen LogP contribution >= 0.6 is 15.9 Å². The molecule has 1 aromatic heterocycles. The summed E-state index contributed by atoms with van der Waals surface area (Å²) in [6, 6.07) is 8.06. The number of urea groups is 1. The van der Waals surface area contributed by atoms with Crippen molar-refractivity contribution in [2.24, 2.45) is 0 Å². The van der Waals surface area contributed by atoms with Crippen molar-refractivity contribution in [3.63, 3.8) is 0 Å². The van der Waals surface area contributed by atoms with Crippen molar-refractivity contribution in [2.45, 2.75) is 13.5 Å². The lowest BCUT2D eigenvalue weighted by Gasteiger charge is -2.10. The molecule has 0 unspecified atom stereocenters. The maximum Gasteiger partial charge on any atom is 0.315 e. The number of nitrogens with one attached hydrogen (secondary N) is 3. The third kappa shape index (κ3) is 5.63. The van der Waals surface area contributed by atoms with Crippen molar-refractivity contribution in [1.29, 1.82) is 0 Å². The number of amides is 3. The maximum absolute atomic E-state index is 13.8. The van der Waals surface area contributed by atoms with E-state index in [0.29, 0.717) is 11.3 Å². The van der Waals surface area contributed by atoms with E-state index in [9.17, 15) is 18.4 Å². The summed E-state index contributed by atoms with van der Waals surface area (Å²) in [5.41, 5.74) is 2.23. The van der Waals surface area contributed by atoms with Crippen LogP contribution in [-0.4, -0.2) is 28.3 Å². The number of nitrogens with zero attached hydrogens (tertiary/aromatic N) is 2. The van der Waals surface area contributed by atoms with Crippen molar-refractivity contribution >= 4 is 33.6 Å². The minimum atomic E-state index is -0.748. The molecule has 2 aromatic carbocycles. The summed E-state index contributed by atoms with van der Waals surface area (Å²) < 4.78 is 29.0. The highest BCUT2D eigenvalue weighted by molar-refractivity contribution is 9.10. The van der Waals surface area contributed by atoms with Gasteiger partial charge in [-0.05, 0) is 42.8 Å². The van der Waals surface area contributed by atoms with Gasteiger partial charge >= 0.3 is 6.03 Å². The van der Waals surface area contributed by atoms with Gasteiger partial charge in [-0.1, -0.05) is 15.9 Å². The zero-order valence-corrected chi connectivity index (χ0v) is 17.5. The first-order valence-corrected chi connectivity index (χ1v) is 9.68. The van der Waals surface area contributed by atoms with Crippen LogP contribution in [0.5, 0.6) is 0 Å². The molecule has 0 aliphatic carbocycles. The fraction of sp³-hybridized carbons (Fsp3) is 0.150. The molecule has 0 spiro atoms. The van der Waals surface area contributed by atoms with E-state index < -0.39 is 17.7 Å². The molecule has 156 valence electrons. The fourth-order valence-corrected chi connectivity index (χ4v) is 3.09. The van der Waals surface area contributed by atoms with Gasteiger partial charge in [-0.25, -0.2) is 18.3 Å². The second kappa shape index (κ2) is 9.49. The first-order chi connectivity index (χ1) is 14.3. The molecule has 0 aliphatic heterocycles. The van der Waals surface area contributed by atoms with Crippen LogP contribution in [0.15, 0.2) is 53.3 Å². The van der Waals surface area contributed by atoms with Crippen molar-refractivity contribution < 1.29 is 18.4 Å². The van der Waals surface area contributed by atoms with Gasteiger partial charge in [0.1, 0.15) is 11.5 Å². The van der Waals surface area contributed by atoms with Gasteiger partial charge in [0.15, 0.2) is 5.82 Å². The molecule has 0 fully saturated rings. The Balaban J connectivity index is 1.47. The number of hydrogen-bond acceptors (Lipinski definition) is 3. The molecule has 0 saturated carbocycles. The molecule has 1 heterocycles. The number of benzene rings is 2. The van der Waals surface area contributed by atoms with E-state index in [2.05, 4.69) is 37.0 Å². The van der Waals surface area contributed by atoms with Crippen LogP contribution in [-0.2, 0) is 11.3 Å². The Morgan fingerprint density at radius 3 is 2.67 bits per heavy atom. The number of aryl methyl sites for hydroxylation is 1. The summed E-state index contributed by atoms with van der Waals surface area (Å²) in [5, 5.41) is 11.8. The van der Waals surface area contributed by atoms with E-state index in [-0.39, 0.29) is 24.7 Å². The molecule has 3 rings (SSSR count). The minimum absolute atomic E-state index is 0.0898. The van der Waals surface area contributed by atoms with E-state index in [1.54, 1.807) is 12.1 Å². The Labute approximate surface area is 179 Å². The highest BCUT2D eigenvalue weighted by Gasteiger charge is 2.10. The number of carbonyl (C=O) groups excluding carboxylic acids is 2. The predicted molar refractivity (Wildman–Crippen MR) is 111 cm³/mol. The highest BCUT2D eigenvalue weighted by Crippen LogP contribution is 2.19. The number of rotatable bonds is 6. The summed E-state index contributed by atoms with van der Waals surface area (Å²) in [6.07, 6.45) is 2.96. The van der Waals surface area contributed by atoms with E-state index in [0.717, 1.165) is 22.2 Å². The van der Waals surface area contributed by atoms with Crippen LogP contribution in [0.2, 0.25) is 0 Å². The standard InChI is InChI=1S/C20H18BrF2N5O2/c1-12-6-14(21)2-4-17(12)27-19(29)10-25-20(30)24-8-13-9-26-28(11-13)18-5-3-15(22)7-16(18)23/h2-7,9,11H,8,10H2,1H3,(H,27,29)(H2,24,25,30). The average molecular weight is 478 g/mol. The lowest BCUT2D eigenvalue weighted by atomic mass is 10.2. The Morgan fingerprint density at radius 2 is 1.93 bits per heavy atom. The molecule has 0 aliphatic rings. The molecule has 7 nitrogen and oxygen atoms in total. The molecule has 3 aromatic rings. The summed E-state index contributed by atoms with van der Waals surface area (Å²) in [6.45, 7) is 1.77. The predicted octanol–water partition coefficient (Wildman–Crippen LogP) is 3.66. The van der Waals surface area contributed by atoms with E-state index in [4.69, 9.17) is 0 Å². The lowest BCUT2D eigenvalue weighted by molar-refractivity contribution is -0.115. The number of carbonyl (C=O) groups is 2. The van der Waals surface area contributed by atoms with Crippen LogP contribution in [0.4, 0.5) is 19.3 Å². The van der Waals surface area contributed by atoms with Gasteiger partial charge in [-0.3, -0.25) is 4.79 Å². The van der Waals surface area contributed by atoms with E-state index >= 15 is 0 Å². The molecular formula is C20H18BrF2N5O2. The number of aromatic nitrogens is 2. The van der Waals surface area contributed by atoms with E-state index in [1.807, 2.05) is 13.0 Å². The quantitative estimate of drug-likeness (QED) is 0.506. The van der Waals surface area contributed by atoms with Gasteiger partial charge in [-0.2, -0.15) is 5.10 Å². The molecule has 3 amide bonds. The second-order valence-corrected chi connectivity index (χ2v) is 7.35. The third-order valence-corrected chi connectivity index (χ3v) is 4.61. The van der Waals surface area contributed by atoms with Crippen LogP contribution in [0, 0.1) is 18.6 Å². The maximum atomic E-state index is 13.8. The van der Waals surface area contributed by atoms with E-state index in [1.165, 1.54) is 23.1 Å². The van der Waals surface area contributed by atoms with Crippen molar-refractivity contribution in [1.82, 2.24) is 20.4 Å². The number of anilines is 1. The molecule has 10 heteroatoms. The van der Waals surface area contributed by atoms with Crippen LogP contribution < -0.4 is 16.0 Å². The first kappa shape index (κ1) is 21.4. The SMILES string of the molecule is Cc1cc(Br)ccc1NC(=O)CNC(=O)NCc1cnn(-c2ccc(F)cc2F)c1. The smallest absolute Gasteiger partial charge is 0.315 e. The molecule has 3 N–H and O–H groups in total. The summed E-state index contributed by atoms with van der Waals surface area (Å²) in [4.78, 5) is 23.9. The highest BCUT2D eigenvalue weighted by atomic mass is 79.9. The molecule has 0 saturated heterocycles. The lowest BCUT2D eigenvalue weighted by Crippen LogP contribution is -2.39. The van der Waals surface area contributed by atoms with Crippen LogP contribution in [0.1, 0.15) is 11.1 Å². The van der Waals surface area contributed by atoms with Crippen LogP contribution in [0.3, 0.4) is 0 Å². The summed E-state index contributed by atoms with van der Waals surface area (Å²) in [5.74, 6) is -1.79. The molecule has 0 bridgehead atoms. The van der Waals surface area contributed by atoms with Gasteiger partial charge < -0.3 is 16.0 Å². The van der Waals surface area contributed by atoms with Crippen molar-refractivity contribution in [3.8, 4) is 5.69 Å². The molecule has 30 heavy (non-hydrogen) atoms. The summed E-state index contributed by atoms with van der Waals surface area (Å²) >= 11 is 3.35. The Kier molecular flexibility index (Phi) is 6.78. The molecule has 0 atom stereocenters. The van der Waals surface area contributed by atoms with Crippen molar-refractivity contribution in [3.05, 3.63) is 76.0 Å². The average Bonchev–Trinajstić information content (AvgIpc) is 3.15. The normalized spacial score (nSPS) is 10.5. The van der Waals surface area contributed by atoms with Gasteiger partial charge in [0, 0.05) is 34.5 Å². The first-order valence-electron chi connectivity index (χ1n) is 8.88. The van der Waals surface area contributed by atoms with Crippen molar-refractivity contribution in [2.75, 3.05) is 11.9 Å². The second-order valence-electron chi connectivity index (χ2n) is 6.43. The zero-order valence-electron chi connectivity index (χ0n) is 15.9. The van der Waals surface area contributed by atoms with Gasteiger partial charge in [0.2, 0.25) is 5.91 Å². The largest absolute Gasteiger partial charge is 0.334 e. The Bertz CT molecular complexity index is 1090. The zero-order chi connectivity index (χ0) is 21.7.